The van der Waals surface area contributed by atoms with E-state index in [0.717, 1.165) is 32.4 Å². The fraction of sp³-hybridized carbons (Fsp3) is 0.571. The van der Waals surface area contributed by atoms with Crippen molar-refractivity contribution in [1.82, 2.24) is 9.88 Å². The number of amides is 1. The van der Waals surface area contributed by atoms with E-state index in [-0.39, 0.29) is 12.0 Å². The highest BCUT2D eigenvalue weighted by Crippen LogP contribution is 2.18. The molecule has 19 heavy (non-hydrogen) atoms. The number of aromatic nitrogens is 1. The van der Waals surface area contributed by atoms with Crippen molar-refractivity contribution < 1.29 is 9.53 Å². The van der Waals surface area contributed by atoms with Crippen LogP contribution in [-0.4, -0.2) is 41.6 Å². The lowest BCUT2D eigenvalue weighted by Crippen LogP contribution is -2.43. The number of ether oxygens (including phenoxy) is 1. The van der Waals surface area contributed by atoms with Gasteiger partial charge in [0.2, 0.25) is 0 Å². The van der Waals surface area contributed by atoms with E-state index >= 15 is 0 Å². The molecule has 1 aliphatic rings. The molecule has 1 saturated heterocycles. The SMILES string of the molecule is CCCOC1CCCN(C(=O)c2cccnc2N)C1. The summed E-state index contributed by atoms with van der Waals surface area (Å²) in [6, 6.07) is 3.46. The predicted octanol–water partition coefficient (Wildman–Crippen LogP) is 1.70. The van der Waals surface area contributed by atoms with Gasteiger partial charge in [-0.2, -0.15) is 0 Å². The fourth-order valence-corrected chi connectivity index (χ4v) is 2.31. The summed E-state index contributed by atoms with van der Waals surface area (Å²) in [5, 5.41) is 0. The highest BCUT2D eigenvalue weighted by atomic mass is 16.5. The van der Waals surface area contributed by atoms with Crippen LogP contribution in [0.4, 0.5) is 5.82 Å². The number of carbonyl (C=O) groups excluding carboxylic acids is 1. The van der Waals surface area contributed by atoms with Crippen LogP contribution in [0.1, 0.15) is 36.5 Å². The predicted molar refractivity (Wildman–Crippen MR) is 73.8 cm³/mol. The van der Waals surface area contributed by atoms with E-state index in [2.05, 4.69) is 11.9 Å². The summed E-state index contributed by atoms with van der Waals surface area (Å²) in [5.74, 6) is 0.250. The number of hydrogen-bond donors (Lipinski definition) is 1. The van der Waals surface area contributed by atoms with Gasteiger partial charge in [-0.25, -0.2) is 4.98 Å². The Morgan fingerprint density at radius 2 is 2.47 bits per heavy atom. The van der Waals surface area contributed by atoms with Crippen LogP contribution in [0.25, 0.3) is 0 Å². The lowest BCUT2D eigenvalue weighted by Gasteiger charge is -2.32. The lowest BCUT2D eigenvalue weighted by molar-refractivity contribution is 0.00213. The number of likely N-dealkylation sites (tertiary alicyclic amines) is 1. The van der Waals surface area contributed by atoms with E-state index in [4.69, 9.17) is 10.5 Å². The van der Waals surface area contributed by atoms with E-state index in [1.54, 1.807) is 18.3 Å². The van der Waals surface area contributed by atoms with Gasteiger partial charge < -0.3 is 15.4 Å². The number of pyridine rings is 1. The maximum absolute atomic E-state index is 12.4. The average Bonchev–Trinajstić information content (AvgIpc) is 2.45. The molecule has 1 fully saturated rings. The van der Waals surface area contributed by atoms with Gasteiger partial charge in [-0.05, 0) is 31.4 Å². The first-order valence-corrected chi connectivity index (χ1v) is 6.83. The molecule has 5 heteroatoms. The third-order valence-corrected chi connectivity index (χ3v) is 3.29. The third kappa shape index (κ3) is 3.44. The molecule has 1 unspecified atom stereocenters. The fourth-order valence-electron chi connectivity index (χ4n) is 2.31. The topological polar surface area (TPSA) is 68.5 Å². The molecular weight excluding hydrogens is 242 g/mol. The Morgan fingerprint density at radius 3 is 3.21 bits per heavy atom. The normalized spacial score (nSPS) is 19.4. The van der Waals surface area contributed by atoms with Crippen LogP contribution in [0.15, 0.2) is 18.3 Å². The Hall–Kier alpha value is -1.62. The summed E-state index contributed by atoms with van der Waals surface area (Å²) in [7, 11) is 0. The highest BCUT2D eigenvalue weighted by molar-refractivity contribution is 5.98. The summed E-state index contributed by atoms with van der Waals surface area (Å²) in [4.78, 5) is 18.2. The maximum atomic E-state index is 12.4. The molecule has 0 aliphatic carbocycles. The lowest BCUT2D eigenvalue weighted by atomic mass is 10.1. The number of nitrogen functional groups attached to an aromatic ring is 1. The summed E-state index contributed by atoms with van der Waals surface area (Å²) in [6.07, 6.45) is 4.73. The van der Waals surface area contributed by atoms with Crippen LogP contribution in [0.3, 0.4) is 0 Å². The molecule has 0 bridgehead atoms. The largest absolute Gasteiger partial charge is 0.383 e. The molecule has 1 atom stereocenters. The summed E-state index contributed by atoms with van der Waals surface area (Å²) in [5.41, 5.74) is 6.24. The number of rotatable bonds is 4. The van der Waals surface area contributed by atoms with Gasteiger partial charge in [0.15, 0.2) is 0 Å². The average molecular weight is 263 g/mol. The molecule has 1 aromatic heterocycles. The molecule has 0 radical (unpaired) electrons. The highest BCUT2D eigenvalue weighted by Gasteiger charge is 2.25. The van der Waals surface area contributed by atoms with Crippen molar-refractivity contribution >= 4 is 11.7 Å². The molecule has 1 aliphatic heterocycles. The number of nitrogens with two attached hydrogens (primary N) is 1. The quantitative estimate of drug-likeness (QED) is 0.897. The molecule has 0 aromatic carbocycles. The van der Waals surface area contributed by atoms with Crippen LogP contribution < -0.4 is 5.73 Å². The molecule has 2 N–H and O–H groups in total. The zero-order chi connectivity index (χ0) is 13.7. The van der Waals surface area contributed by atoms with Crippen molar-refractivity contribution in [2.45, 2.75) is 32.3 Å². The Kier molecular flexibility index (Phi) is 4.74. The number of anilines is 1. The van der Waals surface area contributed by atoms with Crippen molar-refractivity contribution in [1.29, 1.82) is 0 Å². The van der Waals surface area contributed by atoms with Gasteiger partial charge in [-0.1, -0.05) is 6.92 Å². The van der Waals surface area contributed by atoms with Gasteiger partial charge in [0.25, 0.3) is 5.91 Å². The van der Waals surface area contributed by atoms with E-state index in [9.17, 15) is 4.79 Å². The molecule has 1 aromatic rings. The van der Waals surface area contributed by atoms with Crippen LogP contribution in [0.5, 0.6) is 0 Å². The molecular formula is C14H21N3O2. The second-order valence-electron chi connectivity index (χ2n) is 4.82. The summed E-state index contributed by atoms with van der Waals surface area (Å²) < 4.78 is 5.74. The van der Waals surface area contributed by atoms with Gasteiger partial charge in [0.05, 0.1) is 11.7 Å². The van der Waals surface area contributed by atoms with E-state index in [0.29, 0.717) is 17.9 Å². The van der Waals surface area contributed by atoms with Crippen molar-refractivity contribution in [3.63, 3.8) is 0 Å². The first kappa shape index (κ1) is 13.8. The second-order valence-corrected chi connectivity index (χ2v) is 4.82. The molecule has 0 spiro atoms. The van der Waals surface area contributed by atoms with E-state index in [1.165, 1.54) is 0 Å². The number of carbonyl (C=O) groups is 1. The molecule has 5 nitrogen and oxygen atoms in total. The minimum atomic E-state index is -0.0459. The van der Waals surface area contributed by atoms with Gasteiger partial charge in [-0.3, -0.25) is 4.79 Å². The summed E-state index contributed by atoms with van der Waals surface area (Å²) in [6.45, 7) is 4.25. The van der Waals surface area contributed by atoms with Gasteiger partial charge in [0.1, 0.15) is 5.82 Å². The van der Waals surface area contributed by atoms with Crippen molar-refractivity contribution in [3.8, 4) is 0 Å². The van der Waals surface area contributed by atoms with Crippen LogP contribution in [0, 0.1) is 0 Å². The first-order valence-electron chi connectivity index (χ1n) is 6.83. The number of nitrogens with zero attached hydrogens (tertiary/aromatic N) is 2. The minimum absolute atomic E-state index is 0.0459. The zero-order valence-electron chi connectivity index (χ0n) is 11.3. The minimum Gasteiger partial charge on any atom is -0.383 e. The Labute approximate surface area is 113 Å². The summed E-state index contributed by atoms with van der Waals surface area (Å²) >= 11 is 0. The van der Waals surface area contributed by atoms with Crippen molar-refractivity contribution in [2.75, 3.05) is 25.4 Å². The number of piperidine rings is 1. The first-order chi connectivity index (χ1) is 9.22. The Bertz CT molecular complexity index is 436. The van der Waals surface area contributed by atoms with E-state index < -0.39 is 0 Å². The molecule has 2 heterocycles. The van der Waals surface area contributed by atoms with Crippen LogP contribution in [0.2, 0.25) is 0 Å². The molecule has 0 saturated carbocycles. The van der Waals surface area contributed by atoms with Gasteiger partial charge >= 0.3 is 0 Å². The van der Waals surface area contributed by atoms with Crippen molar-refractivity contribution in [3.05, 3.63) is 23.9 Å². The maximum Gasteiger partial charge on any atom is 0.257 e. The molecule has 104 valence electrons. The van der Waals surface area contributed by atoms with Gasteiger partial charge in [-0.15, -0.1) is 0 Å². The Balaban J connectivity index is 2.01. The van der Waals surface area contributed by atoms with E-state index in [1.807, 2.05) is 4.90 Å². The third-order valence-electron chi connectivity index (χ3n) is 3.29. The van der Waals surface area contributed by atoms with Gasteiger partial charge in [0, 0.05) is 25.9 Å². The Morgan fingerprint density at radius 1 is 1.63 bits per heavy atom. The molecule has 1 amide bonds. The van der Waals surface area contributed by atoms with Crippen LogP contribution in [-0.2, 0) is 4.74 Å². The monoisotopic (exact) mass is 263 g/mol. The standard InChI is InChI=1S/C14H21N3O2/c1-2-9-19-11-5-4-8-17(10-11)14(18)12-6-3-7-16-13(12)15/h3,6-7,11H,2,4-5,8-10H2,1H3,(H2,15,16). The number of hydrogen-bond acceptors (Lipinski definition) is 4. The second kappa shape index (κ2) is 6.52. The molecule has 2 rings (SSSR count). The van der Waals surface area contributed by atoms with Crippen LogP contribution >= 0.6 is 0 Å². The van der Waals surface area contributed by atoms with Crippen molar-refractivity contribution in [2.24, 2.45) is 0 Å². The smallest absolute Gasteiger partial charge is 0.257 e. The zero-order valence-corrected chi connectivity index (χ0v) is 11.3.